The number of carbonyl (C=O) groups is 1. The molecule has 1 unspecified atom stereocenters. The Morgan fingerprint density at radius 3 is 2.83 bits per heavy atom. The van der Waals surface area contributed by atoms with Gasteiger partial charge in [-0.05, 0) is 43.9 Å². The number of fused-ring (bicyclic) bond motifs is 1. The van der Waals surface area contributed by atoms with Gasteiger partial charge in [0.25, 0.3) is 5.56 Å². The molecule has 1 atom stereocenters. The van der Waals surface area contributed by atoms with Crippen molar-refractivity contribution in [1.29, 1.82) is 0 Å². The van der Waals surface area contributed by atoms with E-state index in [1.54, 1.807) is 0 Å². The van der Waals surface area contributed by atoms with Gasteiger partial charge in [-0.3, -0.25) is 9.59 Å². The summed E-state index contributed by atoms with van der Waals surface area (Å²) in [4.78, 5) is 24.3. The molecule has 120 valence electrons. The summed E-state index contributed by atoms with van der Waals surface area (Å²) in [5.74, 6) is -2.20. The largest absolute Gasteiger partial charge is 0.322 e. The predicted molar refractivity (Wildman–Crippen MR) is 80.2 cm³/mol. The molecule has 1 aromatic heterocycles. The average Bonchev–Trinajstić information content (AvgIpc) is 2.95. The van der Waals surface area contributed by atoms with Gasteiger partial charge in [-0.2, -0.15) is 5.10 Å². The molecule has 0 fully saturated rings. The van der Waals surface area contributed by atoms with Crippen molar-refractivity contribution in [3.63, 3.8) is 0 Å². The Balaban J connectivity index is 1.84. The first-order valence-electron chi connectivity index (χ1n) is 7.33. The van der Waals surface area contributed by atoms with Crippen LogP contribution in [0.2, 0.25) is 0 Å². The highest BCUT2D eigenvalue weighted by Crippen LogP contribution is 2.19. The van der Waals surface area contributed by atoms with Crippen LogP contribution in [0.3, 0.4) is 0 Å². The summed E-state index contributed by atoms with van der Waals surface area (Å²) >= 11 is 0. The van der Waals surface area contributed by atoms with Crippen LogP contribution in [0.4, 0.5) is 14.5 Å². The van der Waals surface area contributed by atoms with Crippen molar-refractivity contribution >= 4 is 11.6 Å². The third-order valence-corrected chi connectivity index (χ3v) is 3.92. The van der Waals surface area contributed by atoms with Gasteiger partial charge in [0.2, 0.25) is 5.91 Å². The number of halogens is 2. The van der Waals surface area contributed by atoms with Gasteiger partial charge in [0.15, 0.2) is 0 Å². The van der Waals surface area contributed by atoms with Crippen molar-refractivity contribution in [1.82, 2.24) is 9.78 Å². The molecule has 0 saturated carbocycles. The maximum absolute atomic E-state index is 13.6. The van der Waals surface area contributed by atoms with Crippen LogP contribution in [-0.2, 0) is 17.6 Å². The van der Waals surface area contributed by atoms with Crippen LogP contribution < -0.4 is 10.9 Å². The highest BCUT2D eigenvalue weighted by atomic mass is 19.1. The minimum Gasteiger partial charge on any atom is -0.322 e. The Labute approximate surface area is 130 Å². The number of aryl methyl sites for hydroxylation is 2. The fourth-order valence-corrected chi connectivity index (χ4v) is 2.63. The lowest BCUT2D eigenvalue weighted by Crippen LogP contribution is -2.34. The lowest BCUT2D eigenvalue weighted by Gasteiger charge is -2.15. The summed E-state index contributed by atoms with van der Waals surface area (Å²) in [7, 11) is 0. The Hall–Kier alpha value is -2.57. The number of carbonyl (C=O) groups excluding carboxylic acids is 1. The molecule has 2 aromatic rings. The molecule has 0 aliphatic heterocycles. The second-order valence-electron chi connectivity index (χ2n) is 5.54. The first kappa shape index (κ1) is 15.3. The SMILES string of the molecule is CC(C(=O)Nc1ccc(F)cc1F)n1nc2c(cc1=O)CCC2. The highest BCUT2D eigenvalue weighted by molar-refractivity contribution is 5.93. The molecule has 0 bridgehead atoms. The van der Waals surface area contributed by atoms with Crippen molar-refractivity contribution in [2.24, 2.45) is 0 Å². The molecule has 1 N–H and O–H groups in total. The monoisotopic (exact) mass is 319 g/mol. The molecule has 1 amide bonds. The number of nitrogens with one attached hydrogen (secondary N) is 1. The van der Waals surface area contributed by atoms with Crippen LogP contribution in [0.15, 0.2) is 29.1 Å². The maximum Gasteiger partial charge on any atom is 0.267 e. The Kier molecular flexibility index (Phi) is 3.94. The molecule has 1 aromatic carbocycles. The van der Waals surface area contributed by atoms with E-state index in [1.165, 1.54) is 13.0 Å². The molecule has 1 aliphatic carbocycles. The minimum absolute atomic E-state index is 0.141. The zero-order valence-corrected chi connectivity index (χ0v) is 12.5. The first-order chi connectivity index (χ1) is 11.0. The Bertz CT molecular complexity index is 833. The molecule has 0 spiro atoms. The standard InChI is InChI=1S/C16H15F2N3O2/c1-9(16(23)19-14-6-5-11(17)8-12(14)18)21-15(22)7-10-3-2-4-13(10)20-21/h5-9H,2-4H2,1H3,(H,19,23). The summed E-state index contributed by atoms with van der Waals surface area (Å²) < 4.78 is 27.6. The van der Waals surface area contributed by atoms with E-state index in [4.69, 9.17) is 0 Å². The zero-order chi connectivity index (χ0) is 16.6. The zero-order valence-electron chi connectivity index (χ0n) is 12.5. The molecular weight excluding hydrogens is 304 g/mol. The van der Waals surface area contributed by atoms with Crippen LogP contribution in [-0.4, -0.2) is 15.7 Å². The number of rotatable bonds is 3. The van der Waals surface area contributed by atoms with Crippen molar-refractivity contribution in [3.05, 3.63) is 57.5 Å². The van der Waals surface area contributed by atoms with E-state index < -0.39 is 23.6 Å². The lowest BCUT2D eigenvalue weighted by atomic mass is 10.2. The topological polar surface area (TPSA) is 64.0 Å². The maximum atomic E-state index is 13.6. The van der Waals surface area contributed by atoms with Crippen LogP contribution in [0, 0.1) is 11.6 Å². The second-order valence-corrected chi connectivity index (χ2v) is 5.54. The van der Waals surface area contributed by atoms with Crippen molar-refractivity contribution in [2.75, 3.05) is 5.32 Å². The van der Waals surface area contributed by atoms with Gasteiger partial charge >= 0.3 is 0 Å². The summed E-state index contributed by atoms with van der Waals surface area (Å²) in [6, 6.07) is 3.45. The molecule has 3 rings (SSSR count). The number of hydrogen-bond acceptors (Lipinski definition) is 3. The highest BCUT2D eigenvalue weighted by Gasteiger charge is 2.22. The summed E-state index contributed by atoms with van der Waals surface area (Å²) in [6.07, 6.45) is 2.53. The number of nitrogens with zero attached hydrogens (tertiary/aromatic N) is 2. The fourth-order valence-electron chi connectivity index (χ4n) is 2.63. The minimum atomic E-state index is -0.905. The third-order valence-electron chi connectivity index (χ3n) is 3.92. The van der Waals surface area contributed by atoms with E-state index >= 15 is 0 Å². The van der Waals surface area contributed by atoms with E-state index in [0.717, 1.165) is 47.3 Å². The van der Waals surface area contributed by atoms with E-state index in [2.05, 4.69) is 10.4 Å². The summed E-state index contributed by atoms with van der Waals surface area (Å²) in [5, 5.41) is 6.59. The van der Waals surface area contributed by atoms with E-state index in [1.807, 2.05) is 0 Å². The quantitative estimate of drug-likeness (QED) is 0.943. The molecule has 0 radical (unpaired) electrons. The number of hydrogen-bond donors (Lipinski definition) is 1. The fraction of sp³-hybridized carbons (Fsp3) is 0.312. The van der Waals surface area contributed by atoms with Gasteiger partial charge < -0.3 is 5.32 Å². The van der Waals surface area contributed by atoms with Crippen LogP contribution in [0.25, 0.3) is 0 Å². The van der Waals surface area contributed by atoms with Crippen LogP contribution in [0.1, 0.15) is 30.6 Å². The summed E-state index contributed by atoms with van der Waals surface area (Å²) in [5.41, 5.74) is 1.23. The van der Waals surface area contributed by atoms with E-state index in [0.29, 0.717) is 6.07 Å². The first-order valence-corrected chi connectivity index (χ1v) is 7.33. The Morgan fingerprint density at radius 1 is 1.30 bits per heavy atom. The van der Waals surface area contributed by atoms with Gasteiger partial charge in [0.1, 0.15) is 17.7 Å². The number of benzene rings is 1. The average molecular weight is 319 g/mol. The molecule has 7 heteroatoms. The molecule has 1 heterocycles. The van der Waals surface area contributed by atoms with Crippen LogP contribution in [0.5, 0.6) is 0 Å². The van der Waals surface area contributed by atoms with Crippen LogP contribution >= 0.6 is 0 Å². The second kappa shape index (κ2) is 5.91. The third kappa shape index (κ3) is 2.99. The van der Waals surface area contributed by atoms with Gasteiger partial charge in [-0.1, -0.05) is 0 Å². The smallest absolute Gasteiger partial charge is 0.267 e. The van der Waals surface area contributed by atoms with Crippen molar-refractivity contribution in [2.45, 2.75) is 32.2 Å². The Morgan fingerprint density at radius 2 is 2.09 bits per heavy atom. The molecule has 1 aliphatic rings. The lowest BCUT2D eigenvalue weighted by molar-refractivity contribution is -0.119. The molecule has 0 saturated heterocycles. The van der Waals surface area contributed by atoms with Gasteiger partial charge in [0, 0.05) is 12.1 Å². The summed E-state index contributed by atoms with van der Waals surface area (Å²) in [6.45, 7) is 1.51. The predicted octanol–water partition coefficient (Wildman–Crippen LogP) is 2.21. The van der Waals surface area contributed by atoms with Crippen molar-refractivity contribution in [3.8, 4) is 0 Å². The number of aromatic nitrogens is 2. The van der Waals surface area contributed by atoms with Crippen molar-refractivity contribution < 1.29 is 13.6 Å². The normalized spacial score (nSPS) is 14.4. The number of amides is 1. The number of anilines is 1. The molecule has 5 nitrogen and oxygen atoms in total. The molecular formula is C16H15F2N3O2. The van der Waals surface area contributed by atoms with Gasteiger partial charge in [0.05, 0.1) is 11.4 Å². The van der Waals surface area contributed by atoms with E-state index in [9.17, 15) is 18.4 Å². The van der Waals surface area contributed by atoms with E-state index in [-0.39, 0.29) is 11.2 Å². The molecule has 23 heavy (non-hydrogen) atoms. The van der Waals surface area contributed by atoms with Gasteiger partial charge in [-0.25, -0.2) is 13.5 Å². The van der Waals surface area contributed by atoms with Gasteiger partial charge in [-0.15, -0.1) is 0 Å².